The van der Waals surface area contributed by atoms with Gasteiger partial charge in [-0.15, -0.1) is 0 Å². The first-order valence-corrected chi connectivity index (χ1v) is 22.3. The van der Waals surface area contributed by atoms with Crippen LogP contribution in [0.1, 0.15) is 132 Å². The number of nitrogens with zero attached hydrogens (tertiary/aromatic N) is 2. The number of ether oxygens (including phenoxy) is 1. The number of allylic oxidation sites excluding steroid dienone is 1. The van der Waals surface area contributed by atoms with Gasteiger partial charge >= 0.3 is 11.9 Å². The molecule has 4 saturated carbocycles. The summed E-state index contributed by atoms with van der Waals surface area (Å²) < 4.78 is 6.20. The van der Waals surface area contributed by atoms with Gasteiger partial charge in [-0.25, -0.2) is 0 Å². The fourth-order valence-electron chi connectivity index (χ4n) is 13.8. The van der Waals surface area contributed by atoms with E-state index in [1.165, 1.54) is 5.57 Å². The quantitative estimate of drug-likeness (QED) is 0.190. The lowest BCUT2D eigenvalue weighted by Gasteiger charge is -2.72. The summed E-state index contributed by atoms with van der Waals surface area (Å²) in [5.41, 5.74) is 1.54. The van der Waals surface area contributed by atoms with E-state index in [0.717, 1.165) is 75.6 Å². The molecule has 57 heavy (non-hydrogen) atoms. The van der Waals surface area contributed by atoms with Crippen molar-refractivity contribution in [2.75, 3.05) is 33.7 Å². The van der Waals surface area contributed by atoms with Gasteiger partial charge in [-0.1, -0.05) is 77.8 Å². The molecule has 9 atom stereocenters. The average molecular weight is 810 g/mol. The highest BCUT2D eigenvalue weighted by molar-refractivity contribution is 6.30. The van der Waals surface area contributed by atoms with Crippen LogP contribution in [0.4, 0.5) is 0 Å². The van der Waals surface area contributed by atoms with Crippen LogP contribution >= 0.6 is 11.6 Å². The van der Waals surface area contributed by atoms with Gasteiger partial charge in [-0.3, -0.25) is 19.3 Å². The Hall–Kier alpha value is -2.26. The molecular formula is C48H73ClN2O6. The largest absolute Gasteiger partial charge is 0.481 e. The van der Waals surface area contributed by atoms with Crippen molar-refractivity contribution < 1.29 is 29.3 Å². The molecule has 0 aliphatic heterocycles. The van der Waals surface area contributed by atoms with E-state index in [1.54, 1.807) is 13.8 Å². The third-order valence-electron chi connectivity index (χ3n) is 17.1. The summed E-state index contributed by atoms with van der Waals surface area (Å²) in [5.74, 6) is 0.00261. The third-order valence-corrected chi connectivity index (χ3v) is 17.4. The number of esters is 1. The normalized spacial score (nSPS) is 35.5. The van der Waals surface area contributed by atoms with Crippen molar-refractivity contribution in [3.8, 4) is 0 Å². The second kappa shape index (κ2) is 15.6. The first kappa shape index (κ1) is 44.3. The molecule has 0 aromatic heterocycles. The van der Waals surface area contributed by atoms with Gasteiger partial charge in [0.2, 0.25) is 0 Å². The Morgan fingerprint density at radius 2 is 1.58 bits per heavy atom. The number of aliphatic carboxylic acids is 1. The van der Waals surface area contributed by atoms with Crippen molar-refractivity contribution in [1.82, 2.24) is 9.80 Å². The Morgan fingerprint density at radius 1 is 0.912 bits per heavy atom. The topological polar surface area (TPSA) is 107 Å². The summed E-state index contributed by atoms with van der Waals surface area (Å²) in [6.07, 6.45) is 7.13. The zero-order valence-electron chi connectivity index (χ0n) is 37.0. The van der Waals surface area contributed by atoms with Crippen LogP contribution < -0.4 is 0 Å². The Labute approximate surface area is 348 Å². The number of hydrogen-bond acceptors (Lipinski definition) is 7. The van der Waals surface area contributed by atoms with Gasteiger partial charge in [0.05, 0.1) is 17.9 Å². The SMILES string of the molecule is CC(C)C1=C2[C@H]3CC[C@@H]4[C@@]5(C)CCC(OC(=O)CC(C)(C)C(=O)O)C(C)(C)[C@@H]5CC[C@@]4(C)[C@]3(C)CC[C@@]2([C@@H](O)CN(CCN(C)C)Cc2ccc(Cl)cc2)CC1=O. The lowest BCUT2D eigenvalue weighted by atomic mass is 9.33. The van der Waals surface area contributed by atoms with Crippen LogP contribution in [0.2, 0.25) is 5.02 Å². The minimum atomic E-state index is -1.17. The minimum absolute atomic E-state index is 0.0308. The standard InChI is InChI=1S/C48H73ClN2O6/c1-30(2)40-34(52)26-48(37(53)29-51(25-24-50(10)11)28-31-12-14-32(49)15-13-31)23-22-46(8)33(41(40)48)16-17-36-45(7)20-19-38(57-39(54)27-43(3,4)42(55)56)44(5,6)35(45)18-21-47(36,46)9/h12-15,30,33,35-38,53H,16-29H2,1-11H3,(H,55,56)/t33-,35+,36-,37+,38?,45+,46-,47-,48+/m1/s1. The number of Topliss-reactive ketones (excluding diaryl/α,β-unsaturated/α-hetero) is 1. The summed E-state index contributed by atoms with van der Waals surface area (Å²) in [6, 6.07) is 8.00. The van der Waals surface area contributed by atoms with Gasteiger partial charge in [0.1, 0.15) is 6.10 Å². The van der Waals surface area contributed by atoms with E-state index in [1.807, 2.05) is 12.1 Å². The van der Waals surface area contributed by atoms with Crippen molar-refractivity contribution in [2.45, 2.75) is 145 Å². The maximum Gasteiger partial charge on any atom is 0.309 e. The van der Waals surface area contributed by atoms with E-state index in [-0.39, 0.29) is 51.8 Å². The highest BCUT2D eigenvalue weighted by Crippen LogP contribution is 2.77. The summed E-state index contributed by atoms with van der Waals surface area (Å²) in [6.45, 7) is 22.6. The lowest BCUT2D eigenvalue weighted by molar-refractivity contribution is -0.235. The smallest absolute Gasteiger partial charge is 0.309 e. The number of aliphatic hydroxyl groups excluding tert-OH is 1. The Balaban J connectivity index is 1.29. The van der Waals surface area contributed by atoms with Crippen LogP contribution in [0.15, 0.2) is 35.4 Å². The Kier molecular flexibility index (Phi) is 12.2. The van der Waals surface area contributed by atoms with Crippen LogP contribution in [0.5, 0.6) is 0 Å². The number of carbonyl (C=O) groups is 3. The fourth-order valence-corrected chi connectivity index (χ4v) is 13.9. The highest BCUT2D eigenvalue weighted by Gasteiger charge is 2.71. The molecule has 1 aromatic carbocycles. The van der Waals surface area contributed by atoms with Gasteiger partial charge < -0.3 is 19.8 Å². The maximum atomic E-state index is 14.3. The molecule has 9 heteroatoms. The molecule has 0 heterocycles. The number of carboxylic acid groups (broad SMARTS) is 1. The van der Waals surface area contributed by atoms with Gasteiger partial charge in [0, 0.05) is 48.5 Å². The van der Waals surface area contributed by atoms with E-state index >= 15 is 0 Å². The van der Waals surface area contributed by atoms with Crippen molar-refractivity contribution in [2.24, 2.45) is 56.2 Å². The number of halogens is 1. The highest BCUT2D eigenvalue weighted by atomic mass is 35.5. The summed E-state index contributed by atoms with van der Waals surface area (Å²) in [4.78, 5) is 43.8. The first-order valence-electron chi connectivity index (χ1n) is 21.9. The zero-order chi connectivity index (χ0) is 42.1. The molecule has 5 aliphatic rings. The molecule has 4 fully saturated rings. The molecule has 0 amide bonds. The number of hydrogen-bond donors (Lipinski definition) is 2. The van der Waals surface area contributed by atoms with Gasteiger partial charge in [-0.05, 0) is 142 Å². The molecule has 2 N–H and O–H groups in total. The summed E-state index contributed by atoms with van der Waals surface area (Å²) in [7, 11) is 4.17. The number of ketones is 1. The van der Waals surface area contributed by atoms with E-state index in [9.17, 15) is 24.6 Å². The molecular weight excluding hydrogens is 736 g/mol. The second-order valence-corrected chi connectivity index (χ2v) is 22.2. The lowest BCUT2D eigenvalue weighted by Crippen LogP contribution is -2.66. The molecule has 5 aliphatic carbocycles. The van der Waals surface area contributed by atoms with Crippen LogP contribution in [0.3, 0.4) is 0 Å². The number of rotatable bonds is 13. The van der Waals surface area contributed by atoms with Gasteiger partial charge in [0.25, 0.3) is 0 Å². The number of benzene rings is 1. The van der Waals surface area contributed by atoms with E-state index in [2.05, 4.69) is 84.5 Å². The molecule has 0 spiro atoms. The van der Waals surface area contributed by atoms with Crippen molar-refractivity contribution in [3.05, 3.63) is 46.0 Å². The van der Waals surface area contributed by atoms with Gasteiger partial charge in [-0.2, -0.15) is 0 Å². The van der Waals surface area contributed by atoms with E-state index < -0.39 is 28.9 Å². The fraction of sp³-hybridized carbons (Fsp3) is 0.771. The second-order valence-electron chi connectivity index (χ2n) is 21.7. The Bertz CT molecular complexity index is 1740. The third kappa shape index (κ3) is 7.58. The van der Waals surface area contributed by atoms with Crippen LogP contribution in [0, 0.1) is 56.2 Å². The molecule has 0 bridgehead atoms. The summed E-state index contributed by atoms with van der Waals surface area (Å²) >= 11 is 6.24. The Morgan fingerprint density at radius 3 is 2.19 bits per heavy atom. The van der Waals surface area contributed by atoms with Crippen LogP contribution in [-0.4, -0.2) is 83.7 Å². The molecule has 318 valence electrons. The molecule has 8 nitrogen and oxygen atoms in total. The number of likely N-dealkylation sites (N-methyl/N-ethyl adjacent to an activating group) is 1. The average Bonchev–Trinajstić information content (AvgIpc) is 3.42. The number of carboxylic acids is 1. The molecule has 0 saturated heterocycles. The monoisotopic (exact) mass is 809 g/mol. The predicted molar refractivity (Wildman–Crippen MR) is 227 cm³/mol. The van der Waals surface area contributed by atoms with Crippen molar-refractivity contribution in [3.63, 3.8) is 0 Å². The van der Waals surface area contributed by atoms with Crippen LogP contribution in [0.25, 0.3) is 0 Å². The van der Waals surface area contributed by atoms with Gasteiger partial charge in [0.15, 0.2) is 5.78 Å². The number of carbonyl (C=O) groups excluding carboxylic acids is 2. The first-order chi connectivity index (χ1) is 26.4. The summed E-state index contributed by atoms with van der Waals surface area (Å²) in [5, 5.41) is 23.0. The molecule has 1 aromatic rings. The minimum Gasteiger partial charge on any atom is -0.481 e. The van der Waals surface area contributed by atoms with E-state index in [0.29, 0.717) is 36.4 Å². The van der Waals surface area contributed by atoms with Crippen molar-refractivity contribution in [1.29, 1.82) is 0 Å². The van der Waals surface area contributed by atoms with E-state index in [4.69, 9.17) is 16.3 Å². The van der Waals surface area contributed by atoms with Crippen molar-refractivity contribution >= 4 is 29.3 Å². The number of fused-ring (bicyclic) bond motifs is 7. The number of aliphatic hydroxyl groups is 1. The molecule has 0 radical (unpaired) electrons. The zero-order valence-corrected chi connectivity index (χ0v) is 37.7. The molecule has 6 rings (SSSR count). The predicted octanol–water partition coefficient (Wildman–Crippen LogP) is 9.46. The molecule has 1 unspecified atom stereocenters. The maximum absolute atomic E-state index is 14.3. The van der Waals surface area contributed by atoms with Crippen LogP contribution in [-0.2, 0) is 25.7 Å².